The summed E-state index contributed by atoms with van der Waals surface area (Å²) in [5.41, 5.74) is 1.06. The molecule has 1 heterocycles. The number of ether oxygens (including phenoxy) is 1. The predicted octanol–water partition coefficient (Wildman–Crippen LogP) is 3.04. The molecule has 0 spiro atoms. The van der Waals surface area contributed by atoms with Gasteiger partial charge in [-0.15, -0.1) is 11.3 Å². The molecule has 0 radical (unpaired) electrons. The first-order chi connectivity index (χ1) is 9.85. The number of benzene rings is 1. The van der Waals surface area contributed by atoms with Gasteiger partial charge in [0.05, 0.1) is 23.3 Å². The average Bonchev–Trinajstić information content (AvgIpc) is 2.92. The molecule has 1 N–H and O–H groups in total. The van der Waals surface area contributed by atoms with Crippen molar-refractivity contribution in [2.75, 3.05) is 11.8 Å². The highest BCUT2D eigenvalue weighted by Gasteiger charge is 2.27. The third kappa shape index (κ3) is 3.46. The lowest BCUT2D eigenvalue weighted by atomic mass is 10.3. The zero-order valence-corrected chi connectivity index (χ0v) is 13.6. The molecule has 0 amide bonds. The second-order valence-corrected chi connectivity index (χ2v) is 7.29. The Morgan fingerprint density at radius 1 is 1.38 bits per heavy atom. The van der Waals surface area contributed by atoms with E-state index in [9.17, 15) is 13.2 Å². The van der Waals surface area contributed by atoms with Gasteiger partial charge in [-0.3, -0.25) is 4.72 Å². The fraction of sp³-hybridized carbons (Fsp3) is 0.0909. The maximum absolute atomic E-state index is 12.3. The molecular formula is C11H8Cl2N2O4S2. The number of esters is 1. The molecule has 0 fully saturated rings. The van der Waals surface area contributed by atoms with Crippen LogP contribution in [0.4, 0.5) is 5.69 Å². The van der Waals surface area contributed by atoms with Crippen LogP contribution in [0, 0.1) is 0 Å². The van der Waals surface area contributed by atoms with E-state index in [1.54, 1.807) is 0 Å². The van der Waals surface area contributed by atoms with Gasteiger partial charge in [0.2, 0.25) is 0 Å². The van der Waals surface area contributed by atoms with Crippen LogP contribution in [-0.4, -0.2) is 26.5 Å². The minimum absolute atomic E-state index is 0.105. The van der Waals surface area contributed by atoms with Gasteiger partial charge in [0.25, 0.3) is 10.0 Å². The summed E-state index contributed by atoms with van der Waals surface area (Å²) in [6.07, 6.45) is 0. The highest BCUT2D eigenvalue weighted by Crippen LogP contribution is 2.29. The summed E-state index contributed by atoms with van der Waals surface area (Å²) in [5, 5.41) is 0.488. The Labute approximate surface area is 134 Å². The van der Waals surface area contributed by atoms with Gasteiger partial charge in [0.15, 0.2) is 9.90 Å². The highest BCUT2D eigenvalue weighted by atomic mass is 35.5. The van der Waals surface area contributed by atoms with Gasteiger partial charge < -0.3 is 4.74 Å². The van der Waals surface area contributed by atoms with Crippen molar-refractivity contribution in [3.63, 3.8) is 0 Å². The van der Waals surface area contributed by atoms with Crippen molar-refractivity contribution in [1.82, 2.24) is 4.98 Å². The number of hydrogen-bond donors (Lipinski definition) is 1. The number of sulfonamides is 1. The van der Waals surface area contributed by atoms with Crippen LogP contribution in [0.1, 0.15) is 10.5 Å². The van der Waals surface area contributed by atoms with Crippen LogP contribution in [0.3, 0.4) is 0 Å². The van der Waals surface area contributed by atoms with Gasteiger partial charge in [-0.1, -0.05) is 23.2 Å². The summed E-state index contributed by atoms with van der Waals surface area (Å²) in [6.45, 7) is 0. The zero-order chi connectivity index (χ0) is 15.6. The summed E-state index contributed by atoms with van der Waals surface area (Å²) in [4.78, 5) is 15.2. The SMILES string of the molecule is COC(=O)c1ncsc1S(=O)(=O)Nc1cc(Cl)ccc1Cl. The van der Waals surface area contributed by atoms with Gasteiger partial charge in [0, 0.05) is 5.02 Å². The summed E-state index contributed by atoms with van der Waals surface area (Å²) >= 11 is 12.5. The van der Waals surface area contributed by atoms with Gasteiger partial charge in [0.1, 0.15) is 0 Å². The maximum atomic E-state index is 12.3. The molecule has 0 bridgehead atoms. The first-order valence-electron chi connectivity index (χ1n) is 5.35. The van der Waals surface area contributed by atoms with E-state index in [0.29, 0.717) is 5.02 Å². The molecule has 0 atom stereocenters. The molecule has 1 aromatic heterocycles. The van der Waals surface area contributed by atoms with Crippen LogP contribution in [0.25, 0.3) is 0 Å². The number of methoxy groups -OCH3 is 1. The number of halogens is 2. The Hall–Kier alpha value is -1.35. The molecule has 0 aliphatic heterocycles. The molecular weight excluding hydrogens is 359 g/mol. The number of anilines is 1. The molecule has 0 unspecified atom stereocenters. The quantitative estimate of drug-likeness (QED) is 0.840. The fourth-order valence-corrected chi connectivity index (χ4v) is 4.02. The molecule has 2 aromatic rings. The predicted molar refractivity (Wildman–Crippen MR) is 80.7 cm³/mol. The number of rotatable bonds is 4. The molecule has 21 heavy (non-hydrogen) atoms. The van der Waals surface area contributed by atoms with E-state index in [4.69, 9.17) is 23.2 Å². The van der Waals surface area contributed by atoms with Crippen molar-refractivity contribution in [2.24, 2.45) is 0 Å². The third-order valence-electron chi connectivity index (χ3n) is 2.33. The maximum Gasteiger partial charge on any atom is 0.358 e. The summed E-state index contributed by atoms with van der Waals surface area (Å²) in [7, 11) is -2.89. The molecule has 0 saturated heterocycles. The van der Waals surface area contributed by atoms with Crippen molar-refractivity contribution in [2.45, 2.75) is 4.21 Å². The van der Waals surface area contributed by atoms with Crippen molar-refractivity contribution in [3.8, 4) is 0 Å². The minimum atomic E-state index is -4.03. The second kappa shape index (κ2) is 6.18. The first kappa shape index (κ1) is 16.0. The number of thiazole rings is 1. The molecule has 112 valence electrons. The van der Waals surface area contributed by atoms with Crippen molar-refractivity contribution in [3.05, 3.63) is 39.4 Å². The van der Waals surface area contributed by atoms with Gasteiger partial charge in [-0.25, -0.2) is 18.2 Å². The lowest BCUT2D eigenvalue weighted by Crippen LogP contribution is -2.16. The fourth-order valence-electron chi connectivity index (χ4n) is 1.43. The summed E-state index contributed by atoms with van der Waals surface area (Å²) < 4.78 is 31.1. The van der Waals surface area contributed by atoms with Crippen molar-refractivity contribution >= 4 is 56.2 Å². The van der Waals surface area contributed by atoms with E-state index >= 15 is 0 Å². The van der Waals surface area contributed by atoms with E-state index in [2.05, 4.69) is 14.4 Å². The Morgan fingerprint density at radius 3 is 2.76 bits per heavy atom. The zero-order valence-electron chi connectivity index (χ0n) is 10.5. The van der Waals surface area contributed by atoms with Gasteiger partial charge in [-0.05, 0) is 18.2 Å². The van der Waals surface area contributed by atoms with Crippen LogP contribution in [0.2, 0.25) is 10.0 Å². The lowest BCUT2D eigenvalue weighted by molar-refractivity contribution is 0.0590. The van der Waals surface area contributed by atoms with Gasteiger partial charge >= 0.3 is 5.97 Å². The van der Waals surface area contributed by atoms with Crippen molar-refractivity contribution in [1.29, 1.82) is 0 Å². The number of carbonyl (C=O) groups excluding carboxylic acids is 1. The minimum Gasteiger partial charge on any atom is -0.464 e. The van der Waals surface area contributed by atoms with E-state index in [1.807, 2.05) is 0 Å². The smallest absolute Gasteiger partial charge is 0.358 e. The third-order valence-corrected chi connectivity index (χ3v) is 5.63. The summed E-state index contributed by atoms with van der Waals surface area (Å²) in [5.74, 6) is -0.839. The van der Waals surface area contributed by atoms with Crippen LogP contribution < -0.4 is 4.72 Å². The Balaban J connectivity index is 2.42. The first-order valence-corrected chi connectivity index (χ1v) is 8.46. The number of carbonyl (C=O) groups is 1. The Bertz CT molecular complexity index is 789. The van der Waals surface area contributed by atoms with Crippen molar-refractivity contribution < 1.29 is 17.9 Å². The van der Waals surface area contributed by atoms with Crippen LogP contribution in [0.15, 0.2) is 27.9 Å². The number of nitrogens with one attached hydrogen (secondary N) is 1. The van der Waals surface area contributed by atoms with E-state index in [1.165, 1.54) is 23.7 Å². The second-order valence-electron chi connectivity index (χ2n) is 3.71. The average molecular weight is 367 g/mol. The Kier molecular flexibility index (Phi) is 4.72. The molecule has 0 aliphatic carbocycles. The normalized spacial score (nSPS) is 11.2. The molecule has 0 aliphatic rings. The number of hydrogen-bond acceptors (Lipinski definition) is 6. The topological polar surface area (TPSA) is 85.4 Å². The number of aromatic nitrogens is 1. The highest BCUT2D eigenvalue weighted by molar-refractivity contribution is 7.94. The van der Waals surface area contributed by atoms with E-state index in [-0.39, 0.29) is 20.6 Å². The lowest BCUT2D eigenvalue weighted by Gasteiger charge is -2.09. The largest absolute Gasteiger partial charge is 0.464 e. The Morgan fingerprint density at radius 2 is 2.10 bits per heavy atom. The molecule has 2 rings (SSSR count). The van der Waals surface area contributed by atoms with Crippen LogP contribution in [0.5, 0.6) is 0 Å². The summed E-state index contributed by atoms with van der Waals surface area (Å²) in [6, 6.07) is 4.34. The standard InChI is InChI=1S/C11H8Cl2N2O4S2/c1-19-10(16)9-11(20-5-14-9)21(17,18)15-8-4-6(12)2-3-7(8)13/h2-5,15H,1H3. The molecule has 6 nitrogen and oxygen atoms in total. The molecule has 1 aromatic carbocycles. The van der Waals surface area contributed by atoms with Crippen LogP contribution in [-0.2, 0) is 14.8 Å². The van der Waals surface area contributed by atoms with E-state index in [0.717, 1.165) is 18.4 Å². The van der Waals surface area contributed by atoms with Crippen LogP contribution >= 0.6 is 34.5 Å². The molecule has 0 saturated carbocycles. The molecule has 10 heteroatoms. The monoisotopic (exact) mass is 366 g/mol. The van der Waals surface area contributed by atoms with Gasteiger partial charge in [-0.2, -0.15) is 0 Å². The number of nitrogens with zero attached hydrogens (tertiary/aromatic N) is 1. The van der Waals surface area contributed by atoms with E-state index < -0.39 is 16.0 Å².